The number of hydrogen-bond donors (Lipinski definition) is 0. The number of alkyl halides is 2. The highest BCUT2D eigenvalue weighted by Crippen LogP contribution is 2.30. The van der Waals surface area contributed by atoms with Crippen LogP contribution in [0, 0.1) is 0 Å². The number of carbonyl (C=O) groups excluding carboxylic acids is 3. The van der Waals surface area contributed by atoms with Crippen molar-refractivity contribution >= 4 is 23.4 Å². The van der Waals surface area contributed by atoms with E-state index in [1.807, 2.05) is 11.0 Å². The van der Waals surface area contributed by atoms with Gasteiger partial charge < -0.3 is 9.80 Å². The van der Waals surface area contributed by atoms with E-state index in [0.717, 1.165) is 4.90 Å². The molecule has 0 radical (unpaired) electrons. The Hall–Kier alpha value is -3.29. The van der Waals surface area contributed by atoms with Crippen LogP contribution in [-0.2, 0) is 14.4 Å². The second-order valence-electron chi connectivity index (χ2n) is 7.68. The van der Waals surface area contributed by atoms with Crippen molar-refractivity contribution in [1.29, 1.82) is 0 Å². The van der Waals surface area contributed by atoms with Gasteiger partial charge >= 0.3 is 0 Å². The second kappa shape index (κ2) is 8.83. The first-order valence-corrected chi connectivity index (χ1v) is 10.3. The van der Waals surface area contributed by atoms with E-state index in [9.17, 15) is 23.2 Å². The summed E-state index contributed by atoms with van der Waals surface area (Å²) in [5.74, 6) is -0.972. The molecule has 0 spiro atoms. The Morgan fingerprint density at radius 1 is 0.806 bits per heavy atom. The number of hydrogen-bond acceptors (Lipinski definition) is 4. The maximum Gasteiger partial charge on any atom is 0.263 e. The van der Waals surface area contributed by atoms with Gasteiger partial charge in [-0.2, -0.15) is 0 Å². The molecule has 2 aliphatic heterocycles. The lowest BCUT2D eigenvalue weighted by atomic mass is 10.0. The molecule has 31 heavy (non-hydrogen) atoms. The number of imide groups is 1. The highest BCUT2D eigenvalue weighted by molar-refractivity contribution is 6.05. The van der Waals surface area contributed by atoms with Gasteiger partial charge in [-0.05, 0) is 17.7 Å². The summed E-state index contributed by atoms with van der Waals surface area (Å²) in [6.07, 6.45) is -2.31. The molecular weight excluding hydrogens is 404 g/mol. The molecule has 6 nitrogen and oxygen atoms in total. The molecule has 0 aromatic heterocycles. The molecule has 2 aromatic rings. The molecule has 3 amide bonds. The fourth-order valence-corrected chi connectivity index (χ4v) is 4.13. The summed E-state index contributed by atoms with van der Waals surface area (Å²) in [6, 6.07) is 14.1. The fourth-order valence-electron chi connectivity index (χ4n) is 4.13. The van der Waals surface area contributed by atoms with E-state index >= 15 is 0 Å². The van der Waals surface area contributed by atoms with Crippen molar-refractivity contribution < 1.29 is 23.2 Å². The van der Waals surface area contributed by atoms with Crippen molar-refractivity contribution in [3.8, 4) is 0 Å². The molecular formula is C23H23F2N3O3. The predicted octanol–water partition coefficient (Wildman–Crippen LogP) is 3.16. The topological polar surface area (TPSA) is 60.9 Å². The maximum absolute atomic E-state index is 13.4. The molecule has 1 atom stereocenters. The van der Waals surface area contributed by atoms with Gasteiger partial charge in [0.05, 0.1) is 0 Å². The van der Waals surface area contributed by atoms with Gasteiger partial charge in [-0.15, -0.1) is 0 Å². The Kier molecular flexibility index (Phi) is 5.97. The van der Waals surface area contributed by atoms with Gasteiger partial charge in [-0.25, -0.2) is 8.78 Å². The Labute approximate surface area is 179 Å². The Morgan fingerprint density at radius 2 is 1.42 bits per heavy atom. The molecule has 162 valence electrons. The number of piperazine rings is 1. The van der Waals surface area contributed by atoms with Gasteiger partial charge in [0.1, 0.15) is 6.04 Å². The normalized spacial score (nSPS) is 18.1. The molecule has 4 rings (SSSR count). The van der Waals surface area contributed by atoms with Crippen molar-refractivity contribution in [3.05, 3.63) is 65.7 Å². The Balaban J connectivity index is 1.51. The minimum absolute atomic E-state index is 0.0359. The maximum atomic E-state index is 13.4. The highest BCUT2D eigenvalue weighted by Gasteiger charge is 2.41. The number of anilines is 1. The summed E-state index contributed by atoms with van der Waals surface area (Å²) >= 11 is 0. The third-order valence-corrected chi connectivity index (χ3v) is 5.78. The van der Waals surface area contributed by atoms with E-state index in [0.29, 0.717) is 37.4 Å². The number of nitrogens with zero attached hydrogens (tertiary/aromatic N) is 3. The molecule has 2 aliphatic rings. The first-order chi connectivity index (χ1) is 15.0. The van der Waals surface area contributed by atoms with Crippen LogP contribution >= 0.6 is 0 Å². The van der Waals surface area contributed by atoms with Gasteiger partial charge in [0, 0.05) is 50.3 Å². The summed E-state index contributed by atoms with van der Waals surface area (Å²) in [6.45, 7) is 1.69. The third kappa shape index (κ3) is 4.28. The van der Waals surface area contributed by atoms with Crippen LogP contribution in [0.1, 0.15) is 36.4 Å². The number of carbonyl (C=O) groups is 3. The molecule has 2 heterocycles. The molecule has 1 unspecified atom stereocenters. The summed E-state index contributed by atoms with van der Waals surface area (Å²) < 4.78 is 26.0. The number of amides is 3. The summed E-state index contributed by atoms with van der Waals surface area (Å²) in [7, 11) is 0. The molecule has 8 heteroatoms. The van der Waals surface area contributed by atoms with Crippen LogP contribution in [0.3, 0.4) is 0 Å². The molecule has 2 fully saturated rings. The fraction of sp³-hybridized carbons (Fsp3) is 0.348. The van der Waals surface area contributed by atoms with E-state index in [4.69, 9.17) is 0 Å². The van der Waals surface area contributed by atoms with E-state index in [2.05, 4.69) is 0 Å². The minimum Gasteiger partial charge on any atom is -0.368 e. The first-order valence-electron chi connectivity index (χ1n) is 10.3. The van der Waals surface area contributed by atoms with Gasteiger partial charge in [0.2, 0.25) is 11.8 Å². The van der Waals surface area contributed by atoms with E-state index in [1.165, 1.54) is 12.1 Å². The lowest BCUT2D eigenvalue weighted by molar-refractivity contribution is -0.151. The number of likely N-dealkylation sites (tertiary alicyclic amines) is 1. The Morgan fingerprint density at radius 3 is 2.03 bits per heavy atom. The zero-order chi connectivity index (χ0) is 22.0. The lowest BCUT2D eigenvalue weighted by Gasteiger charge is -2.39. The van der Waals surface area contributed by atoms with Crippen molar-refractivity contribution in [2.45, 2.75) is 25.3 Å². The van der Waals surface area contributed by atoms with Crippen LogP contribution in [0.2, 0.25) is 0 Å². The van der Waals surface area contributed by atoms with Crippen molar-refractivity contribution in [2.24, 2.45) is 0 Å². The van der Waals surface area contributed by atoms with Crippen LogP contribution in [0.15, 0.2) is 54.6 Å². The van der Waals surface area contributed by atoms with E-state index in [-0.39, 0.29) is 36.1 Å². The standard InChI is InChI=1S/C23H23F2N3O3/c24-22(25)17-7-4-8-18(15-17)26-11-13-27(14-12-26)23(31)21(16-5-2-1-3-6-16)28-19(29)9-10-20(28)30/h1-8,15,21-22H,9-14H2. The van der Waals surface area contributed by atoms with Crippen molar-refractivity contribution in [3.63, 3.8) is 0 Å². The van der Waals surface area contributed by atoms with E-state index in [1.54, 1.807) is 41.3 Å². The van der Waals surface area contributed by atoms with E-state index < -0.39 is 12.5 Å². The van der Waals surface area contributed by atoms with Crippen LogP contribution < -0.4 is 4.90 Å². The number of rotatable bonds is 5. The van der Waals surface area contributed by atoms with Gasteiger partial charge in [0.15, 0.2) is 0 Å². The quantitative estimate of drug-likeness (QED) is 0.688. The highest BCUT2D eigenvalue weighted by atomic mass is 19.3. The van der Waals surface area contributed by atoms with Crippen LogP contribution in [0.4, 0.5) is 14.5 Å². The van der Waals surface area contributed by atoms with Crippen LogP contribution in [0.25, 0.3) is 0 Å². The van der Waals surface area contributed by atoms with Gasteiger partial charge in [-0.1, -0.05) is 42.5 Å². The first kappa shape index (κ1) is 21.0. The van der Waals surface area contributed by atoms with Crippen LogP contribution in [-0.4, -0.2) is 53.7 Å². The van der Waals surface area contributed by atoms with Gasteiger partial charge in [-0.3, -0.25) is 19.3 Å². The molecule has 0 N–H and O–H groups in total. The summed E-state index contributed by atoms with van der Waals surface area (Å²) in [4.78, 5) is 42.9. The molecule has 2 saturated heterocycles. The lowest BCUT2D eigenvalue weighted by Crippen LogP contribution is -2.53. The zero-order valence-electron chi connectivity index (χ0n) is 16.9. The molecule has 0 aliphatic carbocycles. The smallest absolute Gasteiger partial charge is 0.263 e. The number of halogens is 2. The second-order valence-corrected chi connectivity index (χ2v) is 7.68. The minimum atomic E-state index is -2.54. The summed E-state index contributed by atoms with van der Waals surface area (Å²) in [5.41, 5.74) is 1.25. The average molecular weight is 427 g/mol. The molecule has 0 saturated carbocycles. The van der Waals surface area contributed by atoms with Crippen molar-refractivity contribution in [1.82, 2.24) is 9.80 Å². The van der Waals surface area contributed by atoms with Crippen LogP contribution in [0.5, 0.6) is 0 Å². The SMILES string of the molecule is O=C(C(c1ccccc1)N1C(=O)CCC1=O)N1CCN(c2cccc(C(F)F)c2)CC1. The predicted molar refractivity (Wildman–Crippen MR) is 110 cm³/mol. The van der Waals surface area contributed by atoms with Crippen molar-refractivity contribution in [2.75, 3.05) is 31.1 Å². The summed E-state index contributed by atoms with van der Waals surface area (Å²) in [5, 5.41) is 0. The largest absolute Gasteiger partial charge is 0.368 e. The molecule has 2 aromatic carbocycles. The molecule has 0 bridgehead atoms. The average Bonchev–Trinajstić information content (AvgIpc) is 3.13. The third-order valence-electron chi connectivity index (χ3n) is 5.78. The monoisotopic (exact) mass is 427 g/mol. The van der Waals surface area contributed by atoms with Gasteiger partial charge in [0.25, 0.3) is 12.3 Å². The Bertz CT molecular complexity index is 959. The zero-order valence-corrected chi connectivity index (χ0v) is 16.9. The number of benzene rings is 2.